The molecule has 2 aromatic heterocycles. The Morgan fingerprint density at radius 2 is 1.76 bits per heavy atom. The number of aliphatic carboxylic acids is 2. The van der Waals surface area contributed by atoms with Gasteiger partial charge in [0.2, 0.25) is 0 Å². The summed E-state index contributed by atoms with van der Waals surface area (Å²) >= 11 is 0. The molecule has 196 valence electrons. The van der Waals surface area contributed by atoms with Crippen LogP contribution in [0.1, 0.15) is 35.6 Å². The number of rotatable bonds is 7. The summed E-state index contributed by atoms with van der Waals surface area (Å²) in [6.07, 6.45) is 8.73. The van der Waals surface area contributed by atoms with Crippen LogP contribution in [0.5, 0.6) is 0 Å². The fraction of sp³-hybridized carbons (Fsp3) is 0.233. The maximum absolute atomic E-state index is 14.0. The standard InChI is InChI=1S/C28H27FN2O.C2H2O4/c29-26-10-9-24(28-25(26)14-19-32-28)22-11-16-31(17-12-22)18-13-23(27-8-4-5-15-30-27)20-21-6-2-1-3-7-21;3-1(4)2(5)6/h1-11,14-15,19,23H,12-13,16-18,20H2;(H,3,4)(H,5,6). The summed E-state index contributed by atoms with van der Waals surface area (Å²) < 4.78 is 19.6. The number of carbonyl (C=O) groups is 2. The van der Waals surface area contributed by atoms with Crippen LogP contribution in [-0.4, -0.2) is 51.7 Å². The first-order valence-electron chi connectivity index (χ1n) is 12.4. The van der Waals surface area contributed by atoms with E-state index >= 15 is 0 Å². The van der Waals surface area contributed by atoms with E-state index in [1.807, 2.05) is 18.3 Å². The summed E-state index contributed by atoms with van der Waals surface area (Å²) in [5.74, 6) is -3.48. The number of aromatic nitrogens is 1. The summed E-state index contributed by atoms with van der Waals surface area (Å²) in [6.45, 7) is 2.91. The van der Waals surface area contributed by atoms with Gasteiger partial charge in [-0.2, -0.15) is 0 Å². The Kier molecular flexibility index (Phi) is 9.00. The van der Waals surface area contributed by atoms with Crippen molar-refractivity contribution in [2.75, 3.05) is 19.6 Å². The molecule has 0 saturated carbocycles. The summed E-state index contributed by atoms with van der Waals surface area (Å²) in [5, 5.41) is 15.3. The molecule has 0 aliphatic carbocycles. The maximum atomic E-state index is 14.0. The average Bonchev–Trinajstić information content (AvgIpc) is 3.44. The number of halogens is 1. The average molecular weight is 517 g/mol. The zero-order valence-corrected chi connectivity index (χ0v) is 20.8. The van der Waals surface area contributed by atoms with Crippen LogP contribution in [0.15, 0.2) is 89.7 Å². The molecule has 0 saturated heterocycles. The summed E-state index contributed by atoms with van der Waals surface area (Å²) in [4.78, 5) is 25.3. The lowest BCUT2D eigenvalue weighted by molar-refractivity contribution is -0.159. The number of nitrogens with zero attached hydrogens (tertiary/aromatic N) is 2. The number of hydrogen-bond acceptors (Lipinski definition) is 5. The third-order valence-corrected chi connectivity index (χ3v) is 6.61. The molecule has 3 heterocycles. The molecule has 0 fully saturated rings. The second-order valence-corrected chi connectivity index (χ2v) is 9.08. The summed E-state index contributed by atoms with van der Waals surface area (Å²) in [5.41, 5.74) is 5.43. The van der Waals surface area contributed by atoms with Gasteiger partial charge in [0.1, 0.15) is 11.4 Å². The number of carboxylic acids is 2. The lowest BCUT2D eigenvalue weighted by Gasteiger charge is -2.28. The highest BCUT2D eigenvalue weighted by Gasteiger charge is 2.20. The third kappa shape index (κ3) is 6.92. The molecule has 8 heteroatoms. The first-order valence-corrected chi connectivity index (χ1v) is 12.4. The van der Waals surface area contributed by atoms with Crippen LogP contribution in [-0.2, 0) is 16.0 Å². The van der Waals surface area contributed by atoms with Gasteiger partial charge in [-0.15, -0.1) is 0 Å². The van der Waals surface area contributed by atoms with Crippen molar-refractivity contribution in [1.29, 1.82) is 0 Å². The summed E-state index contributed by atoms with van der Waals surface area (Å²) in [7, 11) is 0. The lowest BCUT2D eigenvalue weighted by Crippen LogP contribution is -2.30. The van der Waals surface area contributed by atoms with Gasteiger partial charge in [0.05, 0.1) is 11.6 Å². The predicted molar refractivity (Wildman–Crippen MR) is 142 cm³/mol. The highest BCUT2D eigenvalue weighted by molar-refractivity contribution is 6.27. The van der Waals surface area contributed by atoms with E-state index in [1.165, 1.54) is 11.1 Å². The molecule has 7 nitrogen and oxygen atoms in total. The van der Waals surface area contributed by atoms with E-state index in [1.54, 1.807) is 18.4 Å². The van der Waals surface area contributed by atoms with Crippen molar-refractivity contribution in [2.24, 2.45) is 0 Å². The Morgan fingerprint density at radius 3 is 2.42 bits per heavy atom. The minimum absolute atomic E-state index is 0.227. The van der Waals surface area contributed by atoms with Gasteiger partial charge in [-0.1, -0.05) is 42.5 Å². The molecule has 2 N–H and O–H groups in total. The van der Waals surface area contributed by atoms with Crippen LogP contribution >= 0.6 is 0 Å². The molecule has 0 bridgehead atoms. The Hall–Kier alpha value is -4.30. The third-order valence-electron chi connectivity index (χ3n) is 6.61. The molecular formula is C30H29FN2O5. The molecule has 1 atom stereocenters. The van der Waals surface area contributed by atoms with Crippen LogP contribution in [0.25, 0.3) is 16.5 Å². The summed E-state index contributed by atoms with van der Waals surface area (Å²) in [6, 6.07) is 22.0. The second-order valence-electron chi connectivity index (χ2n) is 9.08. The number of furan rings is 1. The van der Waals surface area contributed by atoms with Gasteiger partial charge in [-0.25, -0.2) is 14.0 Å². The number of carboxylic acid groups (broad SMARTS) is 2. The smallest absolute Gasteiger partial charge is 0.414 e. The van der Waals surface area contributed by atoms with E-state index in [9.17, 15) is 4.39 Å². The fourth-order valence-corrected chi connectivity index (χ4v) is 4.65. The number of hydrogen-bond donors (Lipinski definition) is 2. The monoisotopic (exact) mass is 516 g/mol. The van der Waals surface area contributed by atoms with E-state index in [4.69, 9.17) is 24.2 Å². The van der Waals surface area contributed by atoms with Crippen LogP contribution in [0, 0.1) is 5.82 Å². The first-order chi connectivity index (χ1) is 18.4. The molecule has 2 aromatic carbocycles. The highest BCUT2D eigenvalue weighted by atomic mass is 19.1. The van der Waals surface area contributed by atoms with Gasteiger partial charge in [0, 0.05) is 36.5 Å². The van der Waals surface area contributed by atoms with Gasteiger partial charge in [0.15, 0.2) is 0 Å². The Morgan fingerprint density at radius 1 is 1.00 bits per heavy atom. The molecule has 0 radical (unpaired) electrons. The van der Waals surface area contributed by atoms with Crippen molar-refractivity contribution in [2.45, 2.75) is 25.2 Å². The van der Waals surface area contributed by atoms with E-state index in [0.717, 1.165) is 50.2 Å². The van der Waals surface area contributed by atoms with Gasteiger partial charge >= 0.3 is 11.9 Å². The van der Waals surface area contributed by atoms with E-state index in [0.29, 0.717) is 16.9 Å². The minimum Gasteiger partial charge on any atom is -0.473 e. The maximum Gasteiger partial charge on any atom is 0.414 e. The van der Waals surface area contributed by atoms with E-state index in [-0.39, 0.29) is 5.82 Å². The number of fused-ring (bicyclic) bond motifs is 1. The van der Waals surface area contributed by atoms with Crippen molar-refractivity contribution in [3.8, 4) is 0 Å². The van der Waals surface area contributed by atoms with E-state index in [2.05, 4.69) is 58.4 Å². The topological polar surface area (TPSA) is 104 Å². The van der Waals surface area contributed by atoms with Gasteiger partial charge in [-0.05, 0) is 67.3 Å². The Balaban J connectivity index is 0.000000505. The van der Waals surface area contributed by atoms with Crippen molar-refractivity contribution < 1.29 is 28.6 Å². The zero-order chi connectivity index (χ0) is 26.9. The molecule has 1 unspecified atom stereocenters. The van der Waals surface area contributed by atoms with Crippen LogP contribution in [0.3, 0.4) is 0 Å². The normalized spacial score (nSPS) is 14.3. The predicted octanol–water partition coefficient (Wildman–Crippen LogP) is 5.63. The van der Waals surface area contributed by atoms with Crippen LogP contribution in [0.4, 0.5) is 4.39 Å². The zero-order valence-electron chi connectivity index (χ0n) is 20.8. The molecule has 0 spiro atoms. The minimum atomic E-state index is -1.82. The van der Waals surface area contributed by atoms with Crippen LogP contribution < -0.4 is 0 Å². The molecule has 1 aliphatic rings. The molecule has 38 heavy (non-hydrogen) atoms. The van der Waals surface area contributed by atoms with Crippen LogP contribution in [0.2, 0.25) is 0 Å². The Labute approximate surface area is 219 Å². The Bertz CT molecular complexity index is 1390. The molecule has 0 amide bonds. The molecule has 5 rings (SSSR count). The van der Waals surface area contributed by atoms with Crippen molar-refractivity contribution >= 4 is 28.5 Å². The SMILES string of the molecule is Fc1ccc(C2=CCN(CCC(Cc3ccccc3)c3ccccn3)CC2)c2occc12.O=C(O)C(=O)O. The molecule has 4 aromatic rings. The van der Waals surface area contributed by atoms with Gasteiger partial charge in [-0.3, -0.25) is 9.88 Å². The number of benzene rings is 2. The first kappa shape index (κ1) is 26.8. The second kappa shape index (κ2) is 12.8. The van der Waals surface area contributed by atoms with Gasteiger partial charge in [0.25, 0.3) is 0 Å². The molecular weight excluding hydrogens is 487 g/mol. The van der Waals surface area contributed by atoms with Crippen molar-refractivity contribution in [3.63, 3.8) is 0 Å². The van der Waals surface area contributed by atoms with Crippen molar-refractivity contribution in [1.82, 2.24) is 9.88 Å². The number of pyridine rings is 1. The van der Waals surface area contributed by atoms with E-state index < -0.39 is 11.9 Å². The van der Waals surface area contributed by atoms with Crippen molar-refractivity contribution in [3.05, 3.63) is 108 Å². The van der Waals surface area contributed by atoms with Gasteiger partial charge < -0.3 is 14.6 Å². The largest absolute Gasteiger partial charge is 0.473 e. The molecule has 1 aliphatic heterocycles. The lowest BCUT2D eigenvalue weighted by atomic mass is 9.92. The highest BCUT2D eigenvalue weighted by Crippen LogP contribution is 2.32. The fourth-order valence-electron chi connectivity index (χ4n) is 4.65. The quantitative estimate of drug-likeness (QED) is 0.307.